The van der Waals surface area contributed by atoms with E-state index in [4.69, 9.17) is 4.74 Å². The number of carboxylic acid groups (broad SMARTS) is 1. The molecule has 5 aliphatic rings. The van der Waals surface area contributed by atoms with Crippen LogP contribution in [-0.2, 0) is 14.3 Å². The molecule has 0 radical (unpaired) electrons. The molecule has 0 saturated heterocycles. The van der Waals surface area contributed by atoms with E-state index in [1.807, 2.05) is 13.8 Å². The minimum absolute atomic E-state index is 0.0350. The van der Waals surface area contributed by atoms with Crippen LogP contribution in [0.1, 0.15) is 139 Å². The third kappa shape index (κ3) is 6.16. The van der Waals surface area contributed by atoms with E-state index in [1.165, 1.54) is 63.4 Å². The number of carbonyl (C=O) groups is 2. The Kier molecular flexibility index (Phi) is 9.99. The lowest BCUT2D eigenvalue weighted by Gasteiger charge is -2.73. The summed E-state index contributed by atoms with van der Waals surface area (Å²) in [5, 5.41) is 18.9. The van der Waals surface area contributed by atoms with Gasteiger partial charge < -0.3 is 19.8 Å². The molecule has 268 valence electrons. The smallest absolute Gasteiger partial charge is 0.306 e. The van der Waals surface area contributed by atoms with Crippen LogP contribution in [0, 0.1) is 62.1 Å². The second-order valence-electron chi connectivity index (χ2n) is 19.6. The molecular weight excluding hydrogens is 586 g/mol. The summed E-state index contributed by atoms with van der Waals surface area (Å²) < 4.78 is 6.28. The molecule has 0 aromatic carbocycles. The molecule has 5 aliphatic carbocycles. The third-order valence-corrected chi connectivity index (χ3v) is 16.2. The predicted octanol–water partition coefficient (Wildman–Crippen LogP) is 8.76. The average Bonchev–Trinajstić information content (AvgIpc) is 3.33. The fourth-order valence-corrected chi connectivity index (χ4v) is 13.7. The SMILES string of the molecule is C=C(C)[C@@H]1CC[C@]2(CCN(C)CCO)CC[C@]3(C)[C@H](CCC4[C@@]5(C)CCC(OC(=O)CC(C)(C)CC(=O)O)C(C)(C)C5CC[C@]43C)C12. The molecule has 5 rings (SSSR count). The number of hydrogen-bond donors (Lipinski definition) is 2. The maximum atomic E-state index is 13.2. The molecule has 5 fully saturated rings. The number of allylic oxidation sites excluding steroid dienone is 1. The number of carbonyl (C=O) groups excluding carboxylic acids is 1. The van der Waals surface area contributed by atoms with E-state index >= 15 is 0 Å². The molecule has 0 heterocycles. The first kappa shape index (κ1) is 36.9. The van der Waals surface area contributed by atoms with Crippen molar-refractivity contribution in [1.29, 1.82) is 0 Å². The second-order valence-corrected chi connectivity index (χ2v) is 19.6. The highest BCUT2D eigenvalue weighted by atomic mass is 16.5. The van der Waals surface area contributed by atoms with Crippen LogP contribution < -0.4 is 0 Å². The van der Waals surface area contributed by atoms with Gasteiger partial charge in [-0.05, 0) is 148 Å². The van der Waals surface area contributed by atoms with Crippen molar-refractivity contribution in [3.05, 3.63) is 12.2 Å². The average molecular weight is 656 g/mol. The zero-order valence-corrected chi connectivity index (χ0v) is 31.6. The minimum Gasteiger partial charge on any atom is -0.481 e. The second kappa shape index (κ2) is 12.7. The number of rotatable bonds is 11. The van der Waals surface area contributed by atoms with E-state index in [9.17, 15) is 19.8 Å². The Labute approximate surface area is 286 Å². The van der Waals surface area contributed by atoms with E-state index in [2.05, 4.69) is 60.1 Å². The number of carboxylic acids is 1. The number of nitrogens with zero attached hydrogens (tertiary/aromatic N) is 1. The minimum atomic E-state index is -0.873. The molecule has 4 unspecified atom stereocenters. The maximum absolute atomic E-state index is 13.2. The largest absolute Gasteiger partial charge is 0.481 e. The lowest BCUT2D eigenvalue weighted by molar-refractivity contribution is -0.250. The van der Waals surface area contributed by atoms with Gasteiger partial charge in [0.25, 0.3) is 0 Å². The van der Waals surface area contributed by atoms with Gasteiger partial charge in [0.05, 0.1) is 19.4 Å². The summed E-state index contributed by atoms with van der Waals surface area (Å²) in [4.78, 5) is 26.9. The van der Waals surface area contributed by atoms with Gasteiger partial charge in [-0.15, -0.1) is 0 Å². The molecule has 0 amide bonds. The standard InChI is InChI=1S/C41H69NO5/c1-27(2)28-13-18-41(21-22-42(10)23-24-43)20-19-39(8)29(35(28)41)11-12-31-38(7)16-15-32(37(5,6)30(38)14-17-40(31,39)9)47-34(46)26-36(3,4)25-33(44)45/h28-32,35,43H,1,11-26H2,2-10H3,(H,44,45)/t28-,29+,30?,31?,32?,35?,38-,39+,40+,41+/m0/s1. The van der Waals surface area contributed by atoms with Gasteiger partial charge in [0.15, 0.2) is 0 Å². The number of fused-ring (bicyclic) bond motifs is 7. The highest BCUT2D eigenvalue weighted by molar-refractivity contribution is 5.73. The fraction of sp³-hybridized carbons (Fsp3) is 0.902. The topological polar surface area (TPSA) is 87.1 Å². The van der Waals surface area contributed by atoms with Crippen LogP contribution in [0.15, 0.2) is 12.2 Å². The molecular formula is C41H69NO5. The van der Waals surface area contributed by atoms with Crippen molar-refractivity contribution in [3.63, 3.8) is 0 Å². The van der Waals surface area contributed by atoms with Gasteiger partial charge in [0.2, 0.25) is 0 Å². The lowest BCUT2D eigenvalue weighted by Crippen LogP contribution is -2.66. The lowest BCUT2D eigenvalue weighted by atomic mass is 9.32. The first-order valence-electron chi connectivity index (χ1n) is 19.1. The quantitative estimate of drug-likeness (QED) is 0.171. The summed E-state index contributed by atoms with van der Waals surface area (Å²) >= 11 is 0. The van der Waals surface area contributed by atoms with Crippen LogP contribution in [0.5, 0.6) is 0 Å². The van der Waals surface area contributed by atoms with Gasteiger partial charge in [-0.3, -0.25) is 9.59 Å². The van der Waals surface area contributed by atoms with Crippen molar-refractivity contribution in [2.24, 2.45) is 62.1 Å². The van der Waals surface area contributed by atoms with Gasteiger partial charge in [0.1, 0.15) is 6.10 Å². The van der Waals surface area contributed by atoms with Gasteiger partial charge >= 0.3 is 11.9 Å². The molecule has 0 aromatic heterocycles. The van der Waals surface area contributed by atoms with E-state index in [0.29, 0.717) is 34.5 Å². The first-order chi connectivity index (χ1) is 21.8. The first-order valence-corrected chi connectivity index (χ1v) is 19.1. The molecule has 47 heavy (non-hydrogen) atoms. The van der Waals surface area contributed by atoms with Gasteiger partial charge in [0, 0.05) is 12.0 Å². The van der Waals surface area contributed by atoms with E-state index in [-0.39, 0.29) is 47.8 Å². The number of aliphatic hydroxyl groups excluding tert-OH is 1. The molecule has 0 spiro atoms. The zero-order valence-electron chi connectivity index (χ0n) is 31.6. The Hall–Kier alpha value is -1.40. The number of likely N-dealkylation sites (N-methyl/N-ethyl adjacent to an activating group) is 1. The van der Waals surface area contributed by atoms with Crippen LogP contribution >= 0.6 is 0 Å². The Morgan fingerprint density at radius 2 is 1.57 bits per heavy atom. The Balaban J connectivity index is 1.38. The summed E-state index contributed by atoms with van der Waals surface area (Å²) in [6.07, 6.45) is 13.5. The summed E-state index contributed by atoms with van der Waals surface area (Å²) in [6, 6.07) is 0. The van der Waals surface area contributed by atoms with Gasteiger partial charge in [-0.25, -0.2) is 0 Å². The number of aliphatic hydroxyl groups is 1. The van der Waals surface area contributed by atoms with Crippen LogP contribution in [0.3, 0.4) is 0 Å². The number of esters is 1. The van der Waals surface area contributed by atoms with Crippen molar-refractivity contribution in [1.82, 2.24) is 4.90 Å². The molecule has 0 bridgehead atoms. The molecule has 0 aliphatic heterocycles. The molecule has 0 aromatic rings. The Morgan fingerprint density at radius 3 is 2.21 bits per heavy atom. The number of ether oxygens (including phenoxy) is 1. The van der Waals surface area contributed by atoms with E-state index < -0.39 is 11.4 Å². The molecule has 10 atom stereocenters. The van der Waals surface area contributed by atoms with Crippen molar-refractivity contribution in [2.45, 2.75) is 145 Å². The van der Waals surface area contributed by atoms with Crippen LogP contribution in [0.2, 0.25) is 0 Å². The number of aliphatic carboxylic acids is 1. The molecule has 6 heteroatoms. The summed E-state index contributed by atoms with van der Waals surface area (Å²) in [5.41, 5.74) is 1.84. The van der Waals surface area contributed by atoms with Crippen molar-refractivity contribution in [3.8, 4) is 0 Å². The van der Waals surface area contributed by atoms with E-state index in [1.54, 1.807) is 0 Å². The summed E-state index contributed by atoms with van der Waals surface area (Å²) in [7, 11) is 2.17. The monoisotopic (exact) mass is 656 g/mol. The summed E-state index contributed by atoms with van der Waals surface area (Å²) in [5.74, 6) is 2.09. The van der Waals surface area contributed by atoms with Gasteiger partial charge in [-0.1, -0.05) is 60.6 Å². The van der Waals surface area contributed by atoms with Crippen LogP contribution in [-0.4, -0.2) is 59.9 Å². The predicted molar refractivity (Wildman–Crippen MR) is 189 cm³/mol. The highest BCUT2D eigenvalue weighted by Gasteiger charge is 2.71. The van der Waals surface area contributed by atoms with E-state index in [0.717, 1.165) is 31.8 Å². The fourth-order valence-electron chi connectivity index (χ4n) is 13.7. The molecule has 5 saturated carbocycles. The normalized spacial score (nSPS) is 42.5. The Bertz CT molecular complexity index is 1210. The van der Waals surface area contributed by atoms with Gasteiger partial charge in [-0.2, -0.15) is 0 Å². The number of hydrogen-bond acceptors (Lipinski definition) is 5. The molecule has 6 nitrogen and oxygen atoms in total. The zero-order chi connectivity index (χ0) is 34.8. The van der Waals surface area contributed by atoms with Crippen molar-refractivity contribution in [2.75, 3.05) is 26.7 Å². The van der Waals surface area contributed by atoms with Crippen LogP contribution in [0.25, 0.3) is 0 Å². The maximum Gasteiger partial charge on any atom is 0.306 e. The van der Waals surface area contributed by atoms with Crippen LogP contribution in [0.4, 0.5) is 0 Å². The molecule has 2 N–H and O–H groups in total. The highest BCUT2D eigenvalue weighted by Crippen LogP contribution is 2.78. The van der Waals surface area contributed by atoms with Crippen molar-refractivity contribution >= 4 is 11.9 Å². The summed E-state index contributed by atoms with van der Waals surface area (Å²) in [6.45, 7) is 25.3. The van der Waals surface area contributed by atoms with Crippen molar-refractivity contribution < 1.29 is 24.5 Å². The Morgan fingerprint density at radius 1 is 0.872 bits per heavy atom. The third-order valence-electron chi connectivity index (χ3n) is 16.2.